The number of nitrogens with zero attached hydrogens (tertiary/aromatic N) is 5. The van der Waals surface area contributed by atoms with Crippen LogP contribution in [0.25, 0.3) is 32.2 Å². The van der Waals surface area contributed by atoms with E-state index < -0.39 is 23.3 Å². The standard InChI is InChI=1S/C28H26F2N6O3S.C6H13NO.C2H6/c1-13-5-6-36(10-13)26-33-8-15-16-11-38-12-17(16)19(21(30)22(15)34-26)23-20-14(7-31)25(35-27(37)39-28(2,3)4)40-24(20)18(29)9-32-23;1-3-4-5(2)6(7)8;1-2/h8-9,13H,5-6,10-12H2,1-4H3,(H,35,37);5H,3-4H2,1-2H3,(H2,7,8);1-2H3/t13-;;/m0../s1. The van der Waals surface area contributed by atoms with Gasteiger partial charge < -0.3 is 20.1 Å². The maximum atomic E-state index is 16.6. The Morgan fingerprint density at radius 1 is 1.22 bits per heavy atom. The number of amides is 2. The van der Waals surface area contributed by atoms with Gasteiger partial charge in [0.25, 0.3) is 0 Å². The molecule has 2 aliphatic rings. The summed E-state index contributed by atoms with van der Waals surface area (Å²) < 4.78 is 42.7. The molecule has 14 heteroatoms. The van der Waals surface area contributed by atoms with E-state index in [1.165, 1.54) is 0 Å². The molecule has 0 spiro atoms. The molecule has 3 N–H and O–H groups in total. The highest BCUT2D eigenvalue weighted by Crippen LogP contribution is 2.46. The molecule has 3 aromatic heterocycles. The number of thiophene rings is 1. The van der Waals surface area contributed by atoms with Gasteiger partial charge in [-0.15, -0.1) is 11.3 Å². The number of fused-ring (bicyclic) bond motifs is 4. The second-order valence-electron chi connectivity index (χ2n) is 13.2. The van der Waals surface area contributed by atoms with E-state index in [1.54, 1.807) is 27.0 Å². The number of hydrogen-bond donors (Lipinski definition) is 2. The second kappa shape index (κ2) is 16.0. The van der Waals surface area contributed by atoms with Crippen LogP contribution in [0.2, 0.25) is 0 Å². The lowest BCUT2D eigenvalue weighted by Gasteiger charge is -2.19. The number of carbonyl (C=O) groups is 2. The number of carbonyl (C=O) groups excluding carboxylic acids is 2. The minimum Gasteiger partial charge on any atom is -0.444 e. The zero-order valence-electron chi connectivity index (χ0n) is 29.9. The molecule has 50 heavy (non-hydrogen) atoms. The molecule has 0 aliphatic carbocycles. The average Bonchev–Trinajstić information content (AvgIpc) is 3.81. The van der Waals surface area contributed by atoms with Crippen LogP contribution >= 0.6 is 11.3 Å². The van der Waals surface area contributed by atoms with E-state index in [9.17, 15) is 14.9 Å². The third-order valence-electron chi connectivity index (χ3n) is 8.23. The van der Waals surface area contributed by atoms with Crippen molar-refractivity contribution in [2.75, 3.05) is 23.3 Å². The molecule has 2 atom stereocenters. The molecular formula is C36H45F2N7O4S. The summed E-state index contributed by atoms with van der Waals surface area (Å²) in [6.07, 6.45) is 4.77. The predicted octanol–water partition coefficient (Wildman–Crippen LogP) is 8.21. The van der Waals surface area contributed by atoms with Crippen molar-refractivity contribution in [2.45, 2.75) is 93.5 Å². The van der Waals surface area contributed by atoms with Crippen LogP contribution in [0.3, 0.4) is 0 Å². The summed E-state index contributed by atoms with van der Waals surface area (Å²) in [5.74, 6) is -0.551. The highest BCUT2D eigenvalue weighted by atomic mass is 32.1. The number of pyridine rings is 1. The average molecular weight is 710 g/mol. The fourth-order valence-corrected chi connectivity index (χ4v) is 6.88. The second-order valence-corrected chi connectivity index (χ2v) is 14.2. The van der Waals surface area contributed by atoms with Crippen molar-refractivity contribution in [1.82, 2.24) is 15.0 Å². The maximum absolute atomic E-state index is 16.6. The number of nitrogens with two attached hydrogens (primary N) is 1. The lowest BCUT2D eigenvalue weighted by atomic mass is 9.94. The van der Waals surface area contributed by atoms with E-state index in [0.717, 1.165) is 55.4 Å². The summed E-state index contributed by atoms with van der Waals surface area (Å²) in [5, 5.41) is 13.4. The van der Waals surface area contributed by atoms with Gasteiger partial charge in [-0.1, -0.05) is 41.0 Å². The molecule has 11 nitrogen and oxygen atoms in total. The molecule has 0 bridgehead atoms. The van der Waals surface area contributed by atoms with Crippen LogP contribution in [0.4, 0.5) is 24.5 Å². The summed E-state index contributed by atoms with van der Waals surface area (Å²) in [5.41, 5.74) is 5.74. The Morgan fingerprint density at radius 3 is 2.50 bits per heavy atom. The lowest BCUT2D eigenvalue weighted by molar-refractivity contribution is -0.121. The van der Waals surface area contributed by atoms with Crippen LogP contribution in [-0.4, -0.2) is 45.6 Å². The van der Waals surface area contributed by atoms with Gasteiger partial charge in [-0.05, 0) is 50.7 Å². The molecule has 1 fully saturated rings. The van der Waals surface area contributed by atoms with Crippen molar-refractivity contribution in [3.05, 3.63) is 40.7 Å². The van der Waals surface area contributed by atoms with Crippen LogP contribution < -0.4 is 16.0 Å². The zero-order chi connectivity index (χ0) is 36.9. The van der Waals surface area contributed by atoms with Crippen molar-refractivity contribution < 1.29 is 27.8 Å². The number of nitrogens with one attached hydrogen (secondary N) is 1. The van der Waals surface area contributed by atoms with Crippen molar-refractivity contribution >= 4 is 55.3 Å². The van der Waals surface area contributed by atoms with Gasteiger partial charge >= 0.3 is 6.09 Å². The van der Waals surface area contributed by atoms with Gasteiger partial charge in [-0.25, -0.2) is 23.5 Å². The van der Waals surface area contributed by atoms with E-state index >= 15 is 8.78 Å². The first kappa shape index (κ1) is 38.3. The molecule has 1 aromatic carbocycles. The van der Waals surface area contributed by atoms with Gasteiger partial charge in [0.15, 0.2) is 11.6 Å². The SMILES string of the molecule is CC.CCCC(C)C(N)=O.C[C@H]1CCN(c2ncc3c4c(c(-c5ncc(F)c6sc(NC(=O)OC(C)(C)C)c(C#N)c56)c(F)c3n2)COC4)C1. The first-order valence-electron chi connectivity index (χ1n) is 16.9. The van der Waals surface area contributed by atoms with Gasteiger partial charge in [0.05, 0.1) is 35.4 Å². The van der Waals surface area contributed by atoms with E-state index in [4.69, 9.17) is 15.2 Å². The smallest absolute Gasteiger partial charge is 0.412 e. The van der Waals surface area contributed by atoms with E-state index in [1.807, 2.05) is 38.7 Å². The fraction of sp³-hybridized carbons (Fsp3) is 0.500. The summed E-state index contributed by atoms with van der Waals surface area (Å²) in [7, 11) is 0. The Labute approximate surface area is 295 Å². The van der Waals surface area contributed by atoms with Gasteiger partial charge in [-0.2, -0.15) is 5.26 Å². The van der Waals surface area contributed by atoms with Crippen molar-refractivity contribution in [3.63, 3.8) is 0 Å². The largest absolute Gasteiger partial charge is 0.444 e. The monoisotopic (exact) mass is 709 g/mol. The topological polar surface area (TPSA) is 156 Å². The zero-order valence-corrected chi connectivity index (χ0v) is 30.7. The number of primary amides is 1. The Kier molecular flexibility index (Phi) is 12.3. The molecule has 4 aromatic rings. The Morgan fingerprint density at radius 2 is 1.92 bits per heavy atom. The summed E-state index contributed by atoms with van der Waals surface area (Å²) >= 11 is 0.865. The van der Waals surface area contributed by atoms with Crippen LogP contribution in [0.1, 0.15) is 91.3 Å². The van der Waals surface area contributed by atoms with Crippen LogP contribution in [-0.2, 0) is 27.5 Å². The molecule has 0 saturated carbocycles. The molecule has 6 rings (SSSR count). The Balaban J connectivity index is 0.000000497. The Bertz CT molecular complexity index is 1940. The number of hydrogen-bond acceptors (Lipinski definition) is 10. The number of rotatable bonds is 6. The highest BCUT2D eigenvalue weighted by Gasteiger charge is 2.31. The van der Waals surface area contributed by atoms with Crippen LogP contribution in [0.5, 0.6) is 0 Å². The number of aromatic nitrogens is 3. The molecule has 5 heterocycles. The minimum absolute atomic E-state index is 0.0329. The van der Waals surface area contributed by atoms with Gasteiger partial charge in [-0.3, -0.25) is 15.1 Å². The first-order chi connectivity index (χ1) is 23.7. The van der Waals surface area contributed by atoms with E-state index in [0.29, 0.717) is 22.8 Å². The molecular weight excluding hydrogens is 665 g/mol. The van der Waals surface area contributed by atoms with E-state index in [2.05, 4.69) is 27.2 Å². The molecule has 1 unspecified atom stereocenters. The minimum atomic E-state index is -0.794. The molecule has 268 valence electrons. The van der Waals surface area contributed by atoms with Gasteiger partial charge in [0.1, 0.15) is 22.2 Å². The number of anilines is 2. The first-order valence-corrected chi connectivity index (χ1v) is 17.7. The third kappa shape index (κ3) is 8.11. The normalized spacial score (nSPS) is 15.8. The molecule has 0 radical (unpaired) electrons. The molecule has 2 amide bonds. The lowest BCUT2D eigenvalue weighted by Crippen LogP contribution is -2.27. The van der Waals surface area contributed by atoms with Gasteiger partial charge in [0, 0.05) is 41.5 Å². The highest BCUT2D eigenvalue weighted by molar-refractivity contribution is 7.23. The summed E-state index contributed by atoms with van der Waals surface area (Å²) in [4.78, 5) is 38.3. The molecule has 2 aliphatic heterocycles. The molecule has 1 saturated heterocycles. The summed E-state index contributed by atoms with van der Waals surface area (Å²) in [6, 6.07) is 2.05. The maximum Gasteiger partial charge on any atom is 0.412 e. The number of halogens is 2. The number of benzene rings is 1. The van der Waals surface area contributed by atoms with Crippen LogP contribution in [0, 0.1) is 34.8 Å². The fourth-order valence-electron chi connectivity index (χ4n) is 5.85. The predicted molar refractivity (Wildman–Crippen MR) is 192 cm³/mol. The van der Waals surface area contributed by atoms with Gasteiger partial charge in [0.2, 0.25) is 11.9 Å². The number of nitriles is 1. The third-order valence-corrected chi connectivity index (χ3v) is 9.35. The van der Waals surface area contributed by atoms with Crippen molar-refractivity contribution in [3.8, 4) is 17.3 Å². The number of ether oxygens (including phenoxy) is 2. The van der Waals surface area contributed by atoms with Crippen molar-refractivity contribution in [2.24, 2.45) is 17.6 Å². The van der Waals surface area contributed by atoms with E-state index in [-0.39, 0.29) is 62.5 Å². The quantitative estimate of drug-likeness (QED) is 0.201. The van der Waals surface area contributed by atoms with Crippen molar-refractivity contribution in [1.29, 1.82) is 5.26 Å². The Hall–Kier alpha value is -4.48. The summed E-state index contributed by atoms with van der Waals surface area (Å²) in [6.45, 7) is 17.1. The van der Waals surface area contributed by atoms with Crippen LogP contribution in [0.15, 0.2) is 12.4 Å².